The number of methoxy groups -OCH3 is 1. The Morgan fingerprint density at radius 2 is 1.89 bits per heavy atom. The monoisotopic (exact) mass is 633 g/mol. The van der Waals surface area contributed by atoms with E-state index in [9.17, 15) is 24.5 Å². The molecule has 0 spiro atoms. The maximum absolute atomic E-state index is 12.8. The van der Waals surface area contributed by atoms with Gasteiger partial charge in [-0.25, -0.2) is 9.59 Å². The first-order valence-electron chi connectivity index (χ1n) is 10.5. The summed E-state index contributed by atoms with van der Waals surface area (Å²) in [5.41, 5.74) is 1.22. The summed E-state index contributed by atoms with van der Waals surface area (Å²) in [4.78, 5) is 48.2. The van der Waals surface area contributed by atoms with E-state index in [-0.39, 0.29) is 36.1 Å². The quantitative estimate of drug-likeness (QED) is 0.118. The van der Waals surface area contributed by atoms with Crippen LogP contribution in [0.15, 0.2) is 67.6 Å². The molecule has 1 fully saturated rings. The number of carbonyl (C=O) groups excluding carboxylic acids is 3. The van der Waals surface area contributed by atoms with Crippen molar-refractivity contribution in [1.29, 1.82) is 0 Å². The Bertz CT molecular complexity index is 1430. The Kier molecular flexibility index (Phi) is 7.74. The molecule has 1 aromatic heterocycles. The number of ether oxygens (including phenoxy) is 2. The number of non-ortho nitro benzene ring substituents is 1. The molecule has 0 aliphatic carbocycles. The highest BCUT2D eigenvalue weighted by Crippen LogP contribution is 2.36. The first-order chi connectivity index (χ1) is 17.7. The van der Waals surface area contributed by atoms with Crippen molar-refractivity contribution in [1.82, 2.24) is 10.2 Å². The summed E-state index contributed by atoms with van der Waals surface area (Å²) in [5, 5.41) is 13.5. The van der Waals surface area contributed by atoms with Crippen LogP contribution in [0.1, 0.15) is 27.4 Å². The lowest BCUT2D eigenvalue weighted by Gasteiger charge is -2.12. The molecule has 11 nitrogen and oxygen atoms in total. The van der Waals surface area contributed by atoms with E-state index in [1.54, 1.807) is 24.3 Å². The second kappa shape index (κ2) is 11.0. The van der Waals surface area contributed by atoms with Crippen LogP contribution in [0, 0.1) is 10.1 Å². The Morgan fingerprint density at radius 3 is 2.57 bits per heavy atom. The number of benzene rings is 2. The molecule has 4 rings (SSSR count). The number of amides is 3. The van der Waals surface area contributed by atoms with Gasteiger partial charge in [-0.2, -0.15) is 0 Å². The van der Waals surface area contributed by atoms with Crippen LogP contribution in [0.5, 0.6) is 5.75 Å². The predicted molar refractivity (Wildman–Crippen MR) is 136 cm³/mol. The molecule has 3 aromatic rings. The number of hydrogen-bond donors (Lipinski definition) is 1. The summed E-state index contributed by atoms with van der Waals surface area (Å²) in [6, 6.07) is 11.7. The van der Waals surface area contributed by atoms with Crippen molar-refractivity contribution < 1.29 is 33.2 Å². The highest BCUT2D eigenvalue weighted by atomic mass is 79.9. The van der Waals surface area contributed by atoms with E-state index in [2.05, 4.69) is 41.9 Å². The molecule has 13 heteroatoms. The number of furan rings is 1. The summed E-state index contributed by atoms with van der Waals surface area (Å²) in [7, 11) is 1.21. The molecule has 1 aliphatic rings. The van der Waals surface area contributed by atoms with Crippen LogP contribution in [0.2, 0.25) is 0 Å². The first-order valence-corrected chi connectivity index (χ1v) is 12.1. The van der Waals surface area contributed by atoms with Gasteiger partial charge in [0, 0.05) is 12.1 Å². The Hall–Kier alpha value is -3.97. The number of halogens is 2. The van der Waals surface area contributed by atoms with Gasteiger partial charge in [-0.3, -0.25) is 19.8 Å². The predicted octanol–water partition coefficient (Wildman–Crippen LogP) is 5.17. The molecule has 0 radical (unpaired) electrons. The van der Waals surface area contributed by atoms with Gasteiger partial charge in [0.2, 0.25) is 5.76 Å². The molecule has 0 bridgehead atoms. The SMILES string of the molecule is COC(=O)c1ccc(CN2C(=O)N/C(=C\c3cc(Br)c(OCc4cccc([N+](=O)[O-])c4)c(Br)c3)C2=O)o1. The van der Waals surface area contributed by atoms with Gasteiger partial charge in [0.15, 0.2) is 0 Å². The molecule has 0 atom stereocenters. The lowest BCUT2D eigenvalue weighted by molar-refractivity contribution is -0.384. The topological polar surface area (TPSA) is 141 Å². The van der Waals surface area contributed by atoms with E-state index < -0.39 is 22.8 Å². The fourth-order valence-corrected chi connectivity index (χ4v) is 4.88. The maximum atomic E-state index is 12.8. The van der Waals surface area contributed by atoms with Crippen molar-refractivity contribution in [2.45, 2.75) is 13.2 Å². The van der Waals surface area contributed by atoms with Crippen molar-refractivity contribution in [2.24, 2.45) is 0 Å². The van der Waals surface area contributed by atoms with E-state index in [1.807, 2.05) is 0 Å². The largest absolute Gasteiger partial charge is 0.487 e. The number of hydrogen-bond acceptors (Lipinski definition) is 8. The summed E-state index contributed by atoms with van der Waals surface area (Å²) >= 11 is 6.87. The number of nitro groups is 1. The first kappa shape index (κ1) is 26.1. The van der Waals surface area contributed by atoms with E-state index in [1.165, 1.54) is 37.5 Å². The van der Waals surface area contributed by atoms with Gasteiger partial charge >= 0.3 is 12.0 Å². The molecule has 1 saturated heterocycles. The molecule has 2 heterocycles. The van der Waals surface area contributed by atoms with E-state index >= 15 is 0 Å². The molecule has 190 valence electrons. The van der Waals surface area contributed by atoms with Crippen molar-refractivity contribution in [3.05, 3.63) is 95.9 Å². The Labute approximate surface area is 226 Å². The molecule has 0 saturated carbocycles. The minimum Gasteiger partial charge on any atom is -0.487 e. The molecule has 37 heavy (non-hydrogen) atoms. The number of rotatable bonds is 8. The van der Waals surface area contributed by atoms with Gasteiger partial charge in [0.05, 0.1) is 27.5 Å². The third-order valence-corrected chi connectivity index (χ3v) is 6.34. The molecular formula is C24H17Br2N3O8. The van der Waals surface area contributed by atoms with Gasteiger partial charge in [0.25, 0.3) is 11.6 Å². The van der Waals surface area contributed by atoms with Crippen molar-refractivity contribution >= 4 is 61.5 Å². The summed E-state index contributed by atoms with van der Waals surface area (Å²) < 4.78 is 16.9. The van der Waals surface area contributed by atoms with Gasteiger partial charge in [-0.15, -0.1) is 0 Å². The molecule has 1 N–H and O–H groups in total. The number of carbonyl (C=O) groups is 3. The van der Waals surface area contributed by atoms with Crippen LogP contribution in [0.4, 0.5) is 10.5 Å². The van der Waals surface area contributed by atoms with E-state index in [0.717, 1.165) is 4.90 Å². The van der Waals surface area contributed by atoms with Crippen LogP contribution in [0.25, 0.3) is 6.08 Å². The van der Waals surface area contributed by atoms with Gasteiger partial charge < -0.3 is 19.2 Å². The van der Waals surface area contributed by atoms with Crippen LogP contribution in [0.3, 0.4) is 0 Å². The number of urea groups is 1. The zero-order chi connectivity index (χ0) is 26.7. The maximum Gasteiger partial charge on any atom is 0.373 e. The average molecular weight is 635 g/mol. The second-order valence-electron chi connectivity index (χ2n) is 7.67. The zero-order valence-corrected chi connectivity index (χ0v) is 22.2. The fourth-order valence-electron chi connectivity index (χ4n) is 3.43. The van der Waals surface area contributed by atoms with E-state index in [0.29, 0.717) is 25.8 Å². The number of nitrogens with zero attached hydrogens (tertiary/aromatic N) is 2. The highest BCUT2D eigenvalue weighted by Gasteiger charge is 2.34. The minimum atomic E-state index is -0.669. The highest BCUT2D eigenvalue weighted by molar-refractivity contribution is 9.11. The lowest BCUT2D eigenvalue weighted by Crippen LogP contribution is -2.30. The third-order valence-electron chi connectivity index (χ3n) is 5.16. The Balaban J connectivity index is 1.47. The fraction of sp³-hybridized carbons (Fsp3) is 0.125. The third kappa shape index (κ3) is 5.89. The second-order valence-corrected chi connectivity index (χ2v) is 9.38. The number of imide groups is 1. The number of esters is 1. The van der Waals surface area contributed by atoms with Gasteiger partial charge in [-0.05, 0) is 73.3 Å². The van der Waals surface area contributed by atoms with Crippen LogP contribution in [-0.4, -0.2) is 34.8 Å². The molecule has 1 aliphatic heterocycles. The molecule has 0 unspecified atom stereocenters. The number of nitrogens with one attached hydrogen (secondary N) is 1. The van der Waals surface area contributed by atoms with Crippen LogP contribution >= 0.6 is 31.9 Å². The molecule has 3 amide bonds. The van der Waals surface area contributed by atoms with Gasteiger partial charge in [-0.1, -0.05) is 12.1 Å². The summed E-state index contributed by atoms with van der Waals surface area (Å²) in [5.74, 6) is -0.586. The van der Waals surface area contributed by atoms with Gasteiger partial charge in [0.1, 0.15) is 23.8 Å². The number of nitro benzene ring substituents is 1. The summed E-state index contributed by atoms with van der Waals surface area (Å²) in [6.07, 6.45) is 1.50. The summed E-state index contributed by atoms with van der Waals surface area (Å²) in [6.45, 7) is -0.0793. The normalized spacial score (nSPS) is 14.1. The van der Waals surface area contributed by atoms with Crippen LogP contribution < -0.4 is 10.1 Å². The Morgan fingerprint density at radius 1 is 1.16 bits per heavy atom. The standard InChI is InChI=1S/C24H17Br2N3O8/c1-35-23(31)20-6-5-16(37-20)11-28-22(30)19(27-24(28)32)10-14-8-17(25)21(18(26)9-14)36-12-13-3-2-4-15(7-13)29(33)34/h2-10H,11-12H2,1H3,(H,27,32)/b19-10-. The molecular weight excluding hydrogens is 618 g/mol. The lowest BCUT2D eigenvalue weighted by atomic mass is 10.1. The van der Waals surface area contributed by atoms with Crippen molar-refractivity contribution in [2.75, 3.05) is 7.11 Å². The van der Waals surface area contributed by atoms with Crippen LogP contribution in [-0.2, 0) is 22.7 Å². The van der Waals surface area contributed by atoms with Crippen molar-refractivity contribution in [3.8, 4) is 5.75 Å². The smallest absolute Gasteiger partial charge is 0.373 e. The zero-order valence-electron chi connectivity index (χ0n) is 19.0. The van der Waals surface area contributed by atoms with Crippen molar-refractivity contribution in [3.63, 3.8) is 0 Å². The minimum absolute atomic E-state index is 0.0329. The van der Waals surface area contributed by atoms with E-state index in [4.69, 9.17) is 9.15 Å². The average Bonchev–Trinajstić information content (AvgIpc) is 3.43. The molecule has 2 aromatic carbocycles.